The number of nitrogens with zero attached hydrogens (tertiary/aromatic N) is 4. The van der Waals surface area contributed by atoms with E-state index < -0.39 is 6.09 Å². The molecule has 1 aliphatic heterocycles. The molecule has 9 nitrogen and oxygen atoms in total. The second-order valence-corrected chi connectivity index (χ2v) is 7.17. The van der Waals surface area contributed by atoms with E-state index in [0.717, 1.165) is 5.56 Å². The Bertz CT molecular complexity index is 1220. The standard InChI is InChI=1S/C21H22N6O3/c1-14-18(27(20(28)23-14)12-15-5-3-2-4-6-15)11-16-7-9-22-19(24-16)26-10-8-17(13-26)25-21(29)30/h2-7,9,11,17,25H,1,8,10,12-13H2,(H,23,28)(H,29,30)/b18-11-. The van der Waals surface area contributed by atoms with Crippen LogP contribution in [0.3, 0.4) is 0 Å². The molecule has 3 heterocycles. The Kier molecular flexibility index (Phi) is 5.34. The number of carboxylic acid groups (broad SMARTS) is 1. The van der Waals surface area contributed by atoms with Crippen molar-refractivity contribution in [1.82, 2.24) is 24.8 Å². The van der Waals surface area contributed by atoms with Crippen LogP contribution < -0.4 is 26.6 Å². The highest BCUT2D eigenvalue weighted by Crippen LogP contribution is 2.16. The highest BCUT2D eigenvalue weighted by molar-refractivity contribution is 5.65. The maximum absolute atomic E-state index is 12.4. The molecule has 3 aromatic rings. The van der Waals surface area contributed by atoms with Crippen LogP contribution >= 0.6 is 0 Å². The Morgan fingerprint density at radius 3 is 2.90 bits per heavy atom. The molecule has 30 heavy (non-hydrogen) atoms. The molecule has 0 radical (unpaired) electrons. The zero-order valence-electron chi connectivity index (χ0n) is 16.3. The van der Waals surface area contributed by atoms with E-state index in [2.05, 4.69) is 26.8 Å². The molecule has 0 bridgehead atoms. The third-order valence-corrected chi connectivity index (χ3v) is 5.03. The van der Waals surface area contributed by atoms with E-state index in [9.17, 15) is 9.59 Å². The molecule has 1 amide bonds. The van der Waals surface area contributed by atoms with Crippen molar-refractivity contribution in [3.05, 3.63) is 75.0 Å². The number of aromatic nitrogens is 4. The van der Waals surface area contributed by atoms with E-state index in [4.69, 9.17) is 5.11 Å². The molecular weight excluding hydrogens is 384 g/mol. The molecule has 0 saturated carbocycles. The summed E-state index contributed by atoms with van der Waals surface area (Å²) in [7, 11) is 0. The van der Waals surface area contributed by atoms with Gasteiger partial charge in [-0.2, -0.15) is 0 Å². The van der Waals surface area contributed by atoms with E-state index in [0.29, 0.717) is 48.4 Å². The number of amides is 1. The highest BCUT2D eigenvalue weighted by Gasteiger charge is 2.25. The van der Waals surface area contributed by atoms with Gasteiger partial charge in [-0.25, -0.2) is 19.6 Å². The Labute approximate surface area is 172 Å². The van der Waals surface area contributed by atoms with Gasteiger partial charge in [0.1, 0.15) is 0 Å². The molecule has 0 aliphatic carbocycles. The monoisotopic (exact) mass is 406 g/mol. The van der Waals surface area contributed by atoms with Crippen LogP contribution in [0.25, 0.3) is 12.7 Å². The predicted octanol–water partition coefficient (Wildman–Crippen LogP) is 0.100. The van der Waals surface area contributed by atoms with Gasteiger partial charge in [0.25, 0.3) is 0 Å². The Morgan fingerprint density at radius 1 is 1.33 bits per heavy atom. The van der Waals surface area contributed by atoms with Crippen LogP contribution in [0.15, 0.2) is 47.4 Å². The Morgan fingerprint density at radius 2 is 2.13 bits per heavy atom. The van der Waals surface area contributed by atoms with Crippen LogP contribution in [0.2, 0.25) is 0 Å². The first-order valence-electron chi connectivity index (χ1n) is 9.60. The zero-order valence-corrected chi connectivity index (χ0v) is 16.3. The number of H-pyrrole nitrogens is 1. The molecule has 1 aliphatic rings. The van der Waals surface area contributed by atoms with E-state index in [1.54, 1.807) is 22.9 Å². The summed E-state index contributed by atoms with van der Waals surface area (Å²) in [5.41, 5.74) is 1.41. The van der Waals surface area contributed by atoms with Crippen LogP contribution in [0.5, 0.6) is 0 Å². The van der Waals surface area contributed by atoms with Crippen molar-refractivity contribution < 1.29 is 9.90 Å². The average Bonchev–Trinajstić information content (AvgIpc) is 3.28. The molecule has 1 fully saturated rings. The van der Waals surface area contributed by atoms with Crippen LogP contribution in [-0.4, -0.2) is 49.9 Å². The van der Waals surface area contributed by atoms with Gasteiger partial charge in [0.05, 0.1) is 29.0 Å². The minimum absolute atomic E-state index is 0.147. The number of aromatic amines is 1. The largest absolute Gasteiger partial charge is 0.465 e. The fraction of sp³-hybridized carbons (Fsp3) is 0.238. The van der Waals surface area contributed by atoms with Crippen molar-refractivity contribution in [1.29, 1.82) is 0 Å². The lowest BCUT2D eigenvalue weighted by atomic mass is 10.2. The minimum atomic E-state index is -1.03. The zero-order chi connectivity index (χ0) is 21.1. The van der Waals surface area contributed by atoms with Gasteiger partial charge in [-0.1, -0.05) is 36.9 Å². The SMILES string of the molecule is C=c1[nH]c(=O)n(Cc2ccccc2)/c1=C\c1ccnc(N2CCC(NC(=O)O)C2)n1. The summed E-state index contributed by atoms with van der Waals surface area (Å²) in [4.78, 5) is 36.9. The van der Waals surface area contributed by atoms with Gasteiger partial charge < -0.3 is 20.3 Å². The number of hydrogen-bond donors (Lipinski definition) is 3. The summed E-state index contributed by atoms with van der Waals surface area (Å²) in [5, 5.41) is 12.6. The van der Waals surface area contributed by atoms with Crippen LogP contribution in [0.4, 0.5) is 10.7 Å². The summed E-state index contributed by atoms with van der Waals surface area (Å²) >= 11 is 0. The maximum Gasteiger partial charge on any atom is 0.404 e. The number of anilines is 1. The second-order valence-electron chi connectivity index (χ2n) is 7.17. The van der Waals surface area contributed by atoms with E-state index >= 15 is 0 Å². The molecule has 154 valence electrons. The van der Waals surface area contributed by atoms with Crippen molar-refractivity contribution in [2.24, 2.45) is 0 Å². The minimum Gasteiger partial charge on any atom is -0.465 e. The molecule has 0 spiro atoms. The van der Waals surface area contributed by atoms with Gasteiger partial charge in [-0.15, -0.1) is 0 Å². The lowest BCUT2D eigenvalue weighted by Crippen LogP contribution is -2.36. The van der Waals surface area contributed by atoms with Gasteiger partial charge >= 0.3 is 11.8 Å². The van der Waals surface area contributed by atoms with Crippen molar-refractivity contribution in [3.8, 4) is 0 Å². The lowest BCUT2D eigenvalue weighted by molar-refractivity contribution is 0.191. The Hall–Kier alpha value is -3.88. The second kappa shape index (κ2) is 8.24. The van der Waals surface area contributed by atoms with Gasteiger partial charge in [0.2, 0.25) is 5.95 Å². The van der Waals surface area contributed by atoms with E-state index in [-0.39, 0.29) is 11.7 Å². The molecule has 1 unspecified atom stereocenters. The van der Waals surface area contributed by atoms with E-state index in [1.165, 1.54) is 0 Å². The summed E-state index contributed by atoms with van der Waals surface area (Å²) in [6, 6.07) is 11.3. The lowest BCUT2D eigenvalue weighted by Gasteiger charge is -2.16. The predicted molar refractivity (Wildman–Crippen MR) is 113 cm³/mol. The fourth-order valence-corrected chi connectivity index (χ4v) is 3.59. The molecule has 1 aromatic carbocycles. The summed E-state index contributed by atoms with van der Waals surface area (Å²) in [6.45, 7) is 5.55. The van der Waals surface area contributed by atoms with Crippen molar-refractivity contribution in [2.45, 2.75) is 19.0 Å². The maximum atomic E-state index is 12.4. The van der Waals surface area contributed by atoms with Gasteiger partial charge in [-0.3, -0.25) is 4.57 Å². The molecular formula is C21H22N6O3. The first-order chi connectivity index (χ1) is 14.5. The van der Waals surface area contributed by atoms with Crippen LogP contribution in [0.1, 0.15) is 17.7 Å². The quantitative estimate of drug-likeness (QED) is 0.554. The fourth-order valence-electron chi connectivity index (χ4n) is 3.59. The topological polar surface area (TPSA) is 116 Å². The number of rotatable bonds is 5. The van der Waals surface area contributed by atoms with Crippen molar-refractivity contribution >= 4 is 24.7 Å². The number of hydrogen-bond acceptors (Lipinski definition) is 5. The normalized spacial score (nSPS) is 16.7. The van der Waals surface area contributed by atoms with Crippen molar-refractivity contribution in [2.75, 3.05) is 18.0 Å². The van der Waals surface area contributed by atoms with Gasteiger partial charge in [0, 0.05) is 19.3 Å². The third kappa shape index (κ3) is 4.24. The number of imidazole rings is 1. The molecule has 9 heteroatoms. The summed E-state index contributed by atoms with van der Waals surface area (Å²) in [6.07, 6.45) is 3.12. The average molecular weight is 406 g/mol. The highest BCUT2D eigenvalue weighted by atomic mass is 16.4. The number of benzene rings is 1. The van der Waals surface area contributed by atoms with Crippen LogP contribution in [0, 0.1) is 0 Å². The van der Waals surface area contributed by atoms with E-state index in [1.807, 2.05) is 35.2 Å². The summed E-state index contributed by atoms with van der Waals surface area (Å²) < 4.78 is 1.63. The third-order valence-electron chi connectivity index (χ3n) is 5.03. The molecule has 1 atom stereocenters. The smallest absolute Gasteiger partial charge is 0.404 e. The Balaban J connectivity index is 1.63. The molecule has 1 saturated heterocycles. The van der Waals surface area contributed by atoms with Gasteiger partial charge in [-0.05, 0) is 24.1 Å². The molecule has 4 rings (SSSR count). The molecule has 2 aromatic heterocycles. The summed E-state index contributed by atoms with van der Waals surface area (Å²) in [5.74, 6) is 0.525. The van der Waals surface area contributed by atoms with Crippen LogP contribution in [-0.2, 0) is 6.54 Å². The van der Waals surface area contributed by atoms with Gasteiger partial charge in [0.15, 0.2) is 0 Å². The first kappa shape index (κ1) is 19.4. The first-order valence-corrected chi connectivity index (χ1v) is 9.60. The molecule has 3 N–H and O–H groups in total. The number of nitrogens with one attached hydrogen (secondary N) is 2. The van der Waals surface area contributed by atoms with Crippen molar-refractivity contribution in [3.63, 3.8) is 0 Å². The number of carbonyl (C=O) groups is 1.